The largest absolute Gasteiger partial charge is 0.368 e. The number of halogens is 1. The molecule has 2 atom stereocenters. The lowest BCUT2D eigenvalue weighted by Crippen LogP contribution is -2.41. The summed E-state index contributed by atoms with van der Waals surface area (Å²) in [4.78, 5) is 0. The zero-order valence-corrected chi connectivity index (χ0v) is 11.2. The van der Waals surface area contributed by atoms with Crippen molar-refractivity contribution in [1.29, 1.82) is 0 Å². The molecular weight excluding hydrogens is 234 g/mol. The summed E-state index contributed by atoms with van der Waals surface area (Å²) in [6.07, 6.45) is 1.59. The Balaban J connectivity index is 1.99. The second-order valence-corrected chi connectivity index (χ2v) is 5.52. The van der Waals surface area contributed by atoms with E-state index in [1.807, 2.05) is 24.3 Å². The van der Waals surface area contributed by atoms with Gasteiger partial charge in [0, 0.05) is 18.1 Å². The molecule has 2 rings (SSSR count). The second kappa shape index (κ2) is 5.85. The maximum atomic E-state index is 6.12. The van der Waals surface area contributed by atoms with Crippen LogP contribution in [0.3, 0.4) is 0 Å². The Hall–Kier alpha value is -0.570. The summed E-state index contributed by atoms with van der Waals surface area (Å²) in [5.74, 6) is 0.672. The van der Waals surface area contributed by atoms with Crippen LogP contribution in [-0.4, -0.2) is 19.2 Å². The summed E-state index contributed by atoms with van der Waals surface area (Å²) in [5.41, 5.74) is 1.20. The van der Waals surface area contributed by atoms with Gasteiger partial charge in [-0.3, -0.25) is 0 Å². The first kappa shape index (κ1) is 12.9. The van der Waals surface area contributed by atoms with Crippen LogP contribution < -0.4 is 5.32 Å². The van der Waals surface area contributed by atoms with E-state index < -0.39 is 0 Å². The average molecular weight is 254 g/mol. The van der Waals surface area contributed by atoms with E-state index in [-0.39, 0.29) is 6.10 Å². The molecule has 1 fully saturated rings. The van der Waals surface area contributed by atoms with Gasteiger partial charge in [-0.25, -0.2) is 0 Å². The van der Waals surface area contributed by atoms with Crippen LogP contribution in [-0.2, 0) is 4.74 Å². The highest BCUT2D eigenvalue weighted by Gasteiger charge is 2.23. The van der Waals surface area contributed by atoms with Crippen molar-refractivity contribution in [2.75, 3.05) is 13.1 Å². The molecule has 1 aliphatic rings. The van der Waals surface area contributed by atoms with E-state index >= 15 is 0 Å². The molecule has 0 aliphatic carbocycles. The monoisotopic (exact) mass is 253 g/mol. The van der Waals surface area contributed by atoms with E-state index in [1.54, 1.807) is 0 Å². The quantitative estimate of drug-likeness (QED) is 0.891. The number of morpholine rings is 1. The zero-order valence-electron chi connectivity index (χ0n) is 10.4. The summed E-state index contributed by atoms with van der Waals surface area (Å²) in [6, 6.07) is 7.94. The summed E-state index contributed by atoms with van der Waals surface area (Å²) >= 11 is 5.89. The highest BCUT2D eigenvalue weighted by Crippen LogP contribution is 2.25. The molecular formula is C14H20ClNO. The lowest BCUT2D eigenvalue weighted by Gasteiger charge is -2.32. The van der Waals surface area contributed by atoms with Crippen molar-refractivity contribution >= 4 is 11.6 Å². The van der Waals surface area contributed by atoms with Crippen molar-refractivity contribution in [3.63, 3.8) is 0 Å². The van der Waals surface area contributed by atoms with Gasteiger partial charge in [-0.1, -0.05) is 37.6 Å². The topological polar surface area (TPSA) is 21.3 Å². The number of hydrogen-bond donors (Lipinski definition) is 1. The third kappa shape index (κ3) is 3.70. The zero-order chi connectivity index (χ0) is 12.3. The van der Waals surface area contributed by atoms with Crippen LogP contribution in [0.5, 0.6) is 0 Å². The second-order valence-electron chi connectivity index (χ2n) is 5.09. The van der Waals surface area contributed by atoms with Gasteiger partial charge in [-0.2, -0.15) is 0 Å². The van der Waals surface area contributed by atoms with Gasteiger partial charge in [0.25, 0.3) is 0 Å². The predicted molar refractivity (Wildman–Crippen MR) is 71.4 cm³/mol. The van der Waals surface area contributed by atoms with E-state index in [4.69, 9.17) is 16.3 Å². The Morgan fingerprint density at radius 2 is 2.00 bits per heavy atom. The van der Waals surface area contributed by atoms with Crippen molar-refractivity contribution in [3.05, 3.63) is 34.9 Å². The summed E-state index contributed by atoms with van der Waals surface area (Å²) in [5, 5.41) is 4.22. The Kier molecular flexibility index (Phi) is 4.43. The fourth-order valence-corrected chi connectivity index (χ4v) is 2.37. The fourth-order valence-electron chi connectivity index (χ4n) is 2.24. The van der Waals surface area contributed by atoms with Gasteiger partial charge in [-0.05, 0) is 30.0 Å². The third-order valence-corrected chi connectivity index (χ3v) is 3.29. The predicted octanol–water partition coefficient (Wildman–Crippen LogP) is 3.42. The molecule has 0 saturated carbocycles. The van der Waals surface area contributed by atoms with Gasteiger partial charge < -0.3 is 10.1 Å². The van der Waals surface area contributed by atoms with Gasteiger partial charge in [0.05, 0.1) is 12.2 Å². The maximum Gasteiger partial charge on any atom is 0.0953 e. The van der Waals surface area contributed by atoms with Crippen LogP contribution in [0.4, 0.5) is 0 Å². The number of benzene rings is 1. The molecule has 0 radical (unpaired) electrons. The first-order valence-corrected chi connectivity index (χ1v) is 6.64. The lowest BCUT2D eigenvalue weighted by atomic mass is 10.0. The molecule has 0 aromatic heterocycles. The molecule has 0 spiro atoms. The SMILES string of the molecule is CC(C)CC1CNCC(c2ccc(Cl)cc2)O1. The van der Waals surface area contributed by atoms with Crippen LogP contribution in [0.15, 0.2) is 24.3 Å². The molecule has 1 heterocycles. The molecule has 1 aliphatic heterocycles. The average Bonchev–Trinajstić information content (AvgIpc) is 2.29. The molecule has 2 unspecified atom stereocenters. The van der Waals surface area contributed by atoms with Gasteiger partial charge in [0.1, 0.15) is 0 Å². The van der Waals surface area contributed by atoms with Crippen LogP contribution >= 0.6 is 11.6 Å². The van der Waals surface area contributed by atoms with Crippen molar-refractivity contribution in [2.45, 2.75) is 32.5 Å². The van der Waals surface area contributed by atoms with Crippen molar-refractivity contribution in [3.8, 4) is 0 Å². The molecule has 17 heavy (non-hydrogen) atoms. The molecule has 94 valence electrons. The van der Waals surface area contributed by atoms with E-state index in [1.165, 1.54) is 5.56 Å². The molecule has 1 aromatic rings. The molecule has 1 saturated heterocycles. The van der Waals surface area contributed by atoms with E-state index in [0.717, 1.165) is 24.5 Å². The molecule has 2 nitrogen and oxygen atoms in total. The minimum absolute atomic E-state index is 0.157. The van der Waals surface area contributed by atoms with Gasteiger partial charge >= 0.3 is 0 Å². The summed E-state index contributed by atoms with van der Waals surface area (Å²) in [6.45, 7) is 6.31. The Labute approximate surface area is 108 Å². The van der Waals surface area contributed by atoms with Gasteiger partial charge in [0.2, 0.25) is 0 Å². The fraction of sp³-hybridized carbons (Fsp3) is 0.571. The van der Waals surface area contributed by atoms with Crippen LogP contribution in [0, 0.1) is 5.92 Å². The van der Waals surface area contributed by atoms with Crippen LogP contribution in [0.2, 0.25) is 5.02 Å². The van der Waals surface area contributed by atoms with Crippen molar-refractivity contribution < 1.29 is 4.74 Å². The number of hydrogen-bond acceptors (Lipinski definition) is 2. The standard InChI is InChI=1S/C14H20ClNO/c1-10(2)7-13-8-16-9-14(17-13)11-3-5-12(15)6-4-11/h3-6,10,13-14,16H,7-9H2,1-2H3. The number of ether oxygens (including phenoxy) is 1. The lowest BCUT2D eigenvalue weighted by molar-refractivity contribution is -0.0473. The molecule has 3 heteroatoms. The first-order valence-electron chi connectivity index (χ1n) is 6.27. The van der Waals surface area contributed by atoms with E-state index in [2.05, 4.69) is 19.2 Å². The highest BCUT2D eigenvalue weighted by molar-refractivity contribution is 6.30. The number of nitrogens with one attached hydrogen (secondary N) is 1. The van der Waals surface area contributed by atoms with Gasteiger partial charge in [0.15, 0.2) is 0 Å². The smallest absolute Gasteiger partial charge is 0.0953 e. The molecule has 1 N–H and O–H groups in total. The molecule has 1 aromatic carbocycles. The van der Waals surface area contributed by atoms with Crippen LogP contribution in [0.1, 0.15) is 31.9 Å². The van der Waals surface area contributed by atoms with Crippen molar-refractivity contribution in [2.24, 2.45) is 5.92 Å². The number of rotatable bonds is 3. The Morgan fingerprint density at radius 1 is 1.29 bits per heavy atom. The minimum atomic E-state index is 0.157. The highest BCUT2D eigenvalue weighted by atomic mass is 35.5. The maximum absolute atomic E-state index is 6.12. The summed E-state index contributed by atoms with van der Waals surface area (Å²) < 4.78 is 6.12. The summed E-state index contributed by atoms with van der Waals surface area (Å²) in [7, 11) is 0. The Bertz CT molecular complexity index is 350. The Morgan fingerprint density at radius 3 is 2.65 bits per heavy atom. The normalized spacial score (nSPS) is 25.2. The first-order chi connectivity index (χ1) is 8.15. The van der Waals surface area contributed by atoms with E-state index in [9.17, 15) is 0 Å². The third-order valence-electron chi connectivity index (χ3n) is 3.03. The molecule has 0 bridgehead atoms. The molecule has 0 amide bonds. The van der Waals surface area contributed by atoms with Crippen molar-refractivity contribution in [1.82, 2.24) is 5.32 Å². The van der Waals surface area contributed by atoms with Gasteiger partial charge in [-0.15, -0.1) is 0 Å². The minimum Gasteiger partial charge on any atom is -0.368 e. The van der Waals surface area contributed by atoms with Crippen LogP contribution in [0.25, 0.3) is 0 Å². The van der Waals surface area contributed by atoms with E-state index in [0.29, 0.717) is 12.0 Å².